The van der Waals surface area contributed by atoms with Gasteiger partial charge in [0, 0.05) is 37.7 Å². The van der Waals surface area contributed by atoms with Crippen molar-refractivity contribution in [3.8, 4) is 0 Å². The van der Waals surface area contributed by atoms with Crippen LogP contribution in [0.3, 0.4) is 0 Å². The summed E-state index contributed by atoms with van der Waals surface area (Å²) in [5.41, 5.74) is 2.23. The van der Waals surface area contributed by atoms with Crippen molar-refractivity contribution >= 4 is 5.69 Å². The molecule has 1 aromatic carbocycles. The zero-order chi connectivity index (χ0) is 13.1. The number of nitrogens with zero attached hydrogens (tertiary/aromatic N) is 2. The van der Waals surface area contributed by atoms with Gasteiger partial charge < -0.3 is 10.2 Å². The van der Waals surface area contributed by atoms with Crippen molar-refractivity contribution in [1.29, 1.82) is 0 Å². The summed E-state index contributed by atoms with van der Waals surface area (Å²) in [6, 6.07) is 11.0. The fourth-order valence-electron chi connectivity index (χ4n) is 2.52. The van der Waals surface area contributed by atoms with Gasteiger partial charge in [0.1, 0.15) is 5.82 Å². The highest BCUT2D eigenvalue weighted by atomic mass is 19.1. The molecule has 1 atom stereocenters. The molecule has 0 spiro atoms. The van der Waals surface area contributed by atoms with Gasteiger partial charge >= 0.3 is 0 Å². The third-order valence-corrected chi connectivity index (χ3v) is 3.47. The first-order chi connectivity index (χ1) is 9.34. The van der Waals surface area contributed by atoms with E-state index in [2.05, 4.69) is 21.3 Å². The first-order valence-corrected chi connectivity index (χ1v) is 6.47. The number of nitrogens with one attached hydrogen (secondary N) is 1. The summed E-state index contributed by atoms with van der Waals surface area (Å²) >= 11 is 0. The molecular weight excluding hydrogens is 241 g/mol. The molecule has 4 heteroatoms. The third-order valence-electron chi connectivity index (χ3n) is 3.47. The zero-order valence-electron chi connectivity index (χ0n) is 10.6. The zero-order valence-corrected chi connectivity index (χ0v) is 10.6. The Morgan fingerprint density at radius 2 is 2.05 bits per heavy atom. The van der Waals surface area contributed by atoms with Crippen LogP contribution in [0.1, 0.15) is 11.6 Å². The molecule has 19 heavy (non-hydrogen) atoms. The second kappa shape index (κ2) is 5.36. The second-order valence-electron chi connectivity index (χ2n) is 4.68. The van der Waals surface area contributed by atoms with E-state index in [1.165, 1.54) is 17.7 Å². The number of pyridine rings is 1. The van der Waals surface area contributed by atoms with Crippen molar-refractivity contribution in [3.63, 3.8) is 0 Å². The number of hydrogen-bond donors (Lipinski definition) is 1. The summed E-state index contributed by atoms with van der Waals surface area (Å²) in [4.78, 5) is 6.49. The largest absolute Gasteiger partial charge is 0.362 e. The Bertz CT molecular complexity index is 527. The van der Waals surface area contributed by atoms with E-state index >= 15 is 0 Å². The van der Waals surface area contributed by atoms with Gasteiger partial charge in [-0.3, -0.25) is 4.98 Å². The van der Waals surface area contributed by atoms with Crippen LogP contribution in [0.4, 0.5) is 10.1 Å². The van der Waals surface area contributed by atoms with Crippen molar-refractivity contribution in [2.75, 3.05) is 24.5 Å². The minimum Gasteiger partial charge on any atom is -0.362 e. The smallest absolute Gasteiger partial charge is 0.123 e. The Labute approximate surface area is 112 Å². The molecular formula is C15H16FN3. The van der Waals surface area contributed by atoms with Crippen LogP contribution in [0, 0.1) is 5.82 Å². The number of piperazine rings is 1. The Morgan fingerprint density at radius 1 is 1.21 bits per heavy atom. The fourth-order valence-corrected chi connectivity index (χ4v) is 2.52. The van der Waals surface area contributed by atoms with Crippen LogP contribution in [0.2, 0.25) is 0 Å². The topological polar surface area (TPSA) is 28.2 Å². The molecule has 2 heterocycles. The number of rotatable bonds is 2. The van der Waals surface area contributed by atoms with Crippen molar-refractivity contribution in [1.82, 2.24) is 10.3 Å². The third kappa shape index (κ3) is 2.58. The van der Waals surface area contributed by atoms with E-state index in [1.54, 1.807) is 6.20 Å². The molecule has 1 aliphatic rings. The van der Waals surface area contributed by atoms with Gasteiger partial charge in [0.25, 0.3) is 0 Å². The average Bonchev–Trinajstić information content (AvgIpc) is 2.49. The lowest BCUT2D eigenvalue weighted by atomic mass is 10.0. The predicted molar refractivity (Wildman–Crippen MR) is 73.6 cm³/mol. The van der Waals surface area contributed by atoms with Crippen LogP contribution >= 0.6 is 0 Å². The lowest BCUT2D eigenvalue weighted by Gasteiger charge is -2.38. The molecule has 1 N–H and O–H groups in total. The SMILES string of the molecule is Fc1ccc(N2CCNCC2c2cccnc2)cc1. The van der Waals surface area contributed by atoms with Gasteiger partial charge in [-0.25, -0.2) is 4.39 Å². The van der Waals surface area contributed by atoms with Crippen molar-refractivity contribution in [2.45, 2.75) is 6.04 Å². The summed E-state index contributed by atoms with van der Waals surface area (Å²) in [6.07, 6.45) is 3.68. The van der Waals surface area contributed by atoms with Gasteiger partial charge in [0.15, 0.2) is 0 Å². The van der Waals surface area contributed by atoms with Crippen molar-refractivity contribution in [3.05, 3.63) is 60.2 Å². The van der Waals surface area contributed by atoms with Gasteiger partial charge in [-0.1, -0.05) is 6.07 Å². The fraction of sp³-hybridized carbons (Fsp3) is 0.267. The average molecular weight is 257 g/mol. The molecule has 0 radical (unpaired) electrons. The molecule has 98 valence electrons. The first-order valence-electron chi connectivity index (χ1n) is 6.47. The Balaban J connectivity index is 1.91. The molecule has 1 aliphatic heterocycles. The minimum atomic E-state index is -0.197. The summed E-state index contributed by atoms with van der Waals surface area (Å²) in [5.74, 6) is -0.197. The van der Waals surface area contributed by atoms with Gasteiger partial charge in [0.05, 0.1) is 6.04 Å². The predicted octanol–water partition coefficient (Wildman–Crippen LogP) is 2.37. The quantitative estimate of drug-likeness (QED) is 0.895. The maximum atomic E-state index is 13.0. The maximum absolute atomic E-state index is 13.0. The molecule has 0 bridgehead atoms. The summed E-state index contributed by atoms with van der Waals surface area (Å²) in [6.45, 7) is 2.72. The summed E-state index contributed by atoms with van der Waals surface area (Å²) < 4.78 is 13.0. The lowest BCUT2D eigenvalue weighted by molar-refractivity contribution is 0.488. The van der Waals surface area contributed by atoms with Crippen LogP contribution in [-0.2, 0) is 0 Å². The highest BCUT2D eigenvalue weighted by molar-refractivity contribution is 5.49. The Kier molecular flexibility index (Phi) is 3.42. The van der Waals surface area contributed by atoms with Crippen LogP contribution in [0.5, 0.6) is 0 Å². The number of benzene rings is 1. The van der Waals surface area contributed by atoms with Gasteiger partial charge in [-0.2, -0.15) is 0 Å². The molecule has 3 nitrogen and oxygen atoms in total. The van der Waals surface area contributed by atoms with E-state index < -0.39 is 0 Å². The van der Waals surface area contributed by atoms with Gasteiger partial charge in [-0.15, -0.1) is 0 Å². The molecule has 2 aromatic rings. The molecule has 1 saturated heterocycles. The molecule has 1 fully saturated rings. The number of hydrogen-bond acceptors (Lipinski definition) is 3. The van der Waals surface area contributed by atoms with Crippen molar-refractivity contribution < 1.29 is 4.39 Å². The van der Waals surface area contributed by atoms with E-state index in [0.717, 1.165) is 25.3 Å². The molecule has 1 unspecified atom stereocenters. The van der Waals surface area contributed by atoms with E-state index in [1.807, 2.05) is 24.4 Å². The van der Waals surface area contributed by atoms with E-state index in [9.17, 15) is 4.39 Å². The second-order valence-corrected chi connectivity index (χ2v) is 4.68. The van der Waals surface area contributed by atoms with Crippen LogP contribution in [0.25, 0.3) is 0 Å². The Morgan fingerprint density at radius 3 is 2.79 bits per heavy atom. The van der Waals surface area contributed by atoms with Crippen LogP contribution < -0.4 is 10.2 Å². The number of anilines is 1. The molecule has 0 amide bonds. The number of aromatic nitrogens is 1. The van der Waals surface area contributed by atoms with Crippen LogP contribution in [0.15, 0.2) is 48.8 Å². The molecule has 0 aliphatic carbocycles. The monoisotopic (exact) mass is 257 g/mol. The van der Waals surface area contributed by atoms with E-state index in [-0.39, 0.29) is 11.9 Å². The van der Waals surface area contributed by atoms with Gasteiger partial charge in [-0.05, 0) is 35.9 Å². The summed E-state index contributed by atoms with van der Waals surface area (Å²) in [7, 11) is 0. The van der Waals surface area contributed by atoms with E-state index in [0.29, 0.717) is 0 Å². The summed E-state index contributed by atoms with van der Waals surface area (Å²) in [5, 5.41) is 3.40. The first kappa shape index (κ1) is 12.1. The van der Waals surface area contributed by atoms with Crippen LogP contribution in [-0.4, -0.2) is 24.6 Å². The molecule has 3 rings (SSSR count). The molecule has 1 aromatic heterocycles. The molecule has 0 saturated carbocycles. The highest BCUT2D eigenvalue weighted by Crippen LogP contribution is 2.27. The van der Waals surface area contributed by atoms with E-state index in [4.69, 9.17) is 0 Å². The van der Waals surface area contributed by atoms with Gasteiger partial charge in [0.2, 0.25) is 0 Å². The van der Waals surface area contributed by atoms with Crippen molar-refractivity contribution in [2.24, 2.45) is 0 Å². The maximum Gasteiger partial charge on any atom is 0.123 e. The normalized spacial score (nSPS) is 19.4. The lowest BCUT2D eigenvalue weighted by Crippen LogP contribution is -2.46. The standard InChI is InChI=1S/C15H16FN3/c16-13-3-5-14(6-4-13)19-9-8-18-11-15(19)12-2-1-7-17-10-12/h1-7,10,15,18H,8-9,11H2. The Hall–Kier alpha value is -1.94. The minimum absolute atomic E-state index is 0.197. The number of halogens is 1. The highest BCUT2D eigenvalue weighted by Gasteiger charge is 2.23.